The van der Waals surface area contributed by atoms with Crippen LogP contribution in [0.2, 0.25) is 0 Å². The minimum atomic E-state index is -0.837. The Morgan fingerprint density at radius 1 is 1.32 bits per heavy atom. The van der Waals surface area contributed by atoms with Crippen molar-refractivity contribution in [2.24, 2.45) is 0 Å². The summed E-state index contributed by atoms with van der Waals surface area (Å²) in [7, 11) is 0. The van der Waals surface area contributed by atoms with Gasteiger partial charge in [-0.05, 0) is 37.7 Å². The molecule has 0 aliphatic rings. The van der Waals surface area contributed by atoms with Crippen molar-refractivity contribution in [2.45, 2.75) is 45.6 Å². The van der Waals surface area contributed by atoms with E-state index < -0.39 is 11.6 Å². The second kappa shape index (κ2) is 5.82. The van der Waals surface area contributed by atoms with E-state index in [2.05, 4.69) is 11.9 Å². The molecule has 0 aliphatic heterocycles. The van der Waals surface area contributed by atoms with Gasteiger partial charge in [-0.1, -0.05) is 26.2 Å². The number of aromatic nitrogens is 2. The zero-order valence-corrected chi connectivity index (χ0v) is 12.0. The first kappa shape index (κ1) is 14.2. The molecule has 2 aromatic rings. The highest BCUT2D eigenvalue weighted by Gasteiger charge is 2.17. The van der Waals surface area contributed by atoms with Crippen LogP contribution in [0.5, 0.6) is 0 Å². The molecule has 1 N–H and O–H groups in total. The molecule has 1 aromatic carbocycles. The number of hydrogen-bond acceptors (Lipinski definition) is 1. The molecule has 0 fully saturated rings. The van der Waals surface area contributed by atoms with Gasteiger partial charge in [0.05, 0.1) is 5.52 Å². The molecule has 0 saturated heterocycles. The maximum atomic E-state index is 14.0. The van der Waals surface area contributed by atoms with Crippen molar-refractivity contribution in [3.05, 3.63) is 28.5 Å². The standard InChI is InChI=1S/C14H18F2N2S/c1-3-4-5-6-9(2)18-13-11(17-14(18)19)8-7-10(15)12(13)16/h7-9H,3-6H2,1-2H3,(H,17,19). The Kier molecular flexibility index (Phi) is 4.34. The number of rotatable bonds is 5. The Balaban J connectivity index is 2.44. The Labute approximate surface area is 116 Å². The molecule has 0 saturated carbocycles. The van der Waals surface area contributed by atoms with Gasteiger partial charge in [0.25, 0.3) is 0 Å². The summed E-state index contributed by atoms with van der Waals surface area (Å²) in [6.07, 6.45) is 4.24. The lowest BCUT2D eigenvalue weighted by molar-refractivity contribution is 0.468. The predicted octanol–water partition coefficient (Wildman–Crippen LogP) is 5.12. The topological polar surface area (TPSA) is 20.7 Å². The van der Waals surface area contributed by atoms with Gasteiger partial charge in [0.2, 0.25) is 0 Å². The Morgan fingerprint density at radius 2 is 2.05 bits per heavy atom. The van der Waals surface area contributed by atoms with Crippen LogP contribution in [0.15, 0.2) is 12.1 Å². The van der Waals surface area contributed by atoms with E-state index in [9.17, 15) is 8.78 Å². The summed E-state index contributed by atoms with van der Waals surface area (Å²) in [5.41, 5.74) is 0.792. The van der Waals surface area contributed by atoms with Gasteiger partial charge in [-0.3, -0.25) is 0 Å². The fraction of sp³-hybridized carbons (Fsp3) is 0.500. The second-order valence-electron chi connectivity index (χ2n) is 4.90. The van der Waals surface area contributed by atoms with E-state index >= 15 is 0 Å². The van der Waals surface area contributed by atoms with Gasteiger partial charge in [0.15, 0.2) is 16.4 Å². The smallest absolute Gasteiger partial charge is 0.184 e. The lowest BCUT2D eigenvalue weighted by Crippen LogP contribution is -2.06. The van der Waals surface area contributed by atoms with Crippen molar-refractivity contribution in [2.75, 3.05) is 0 Å². The van der Waals surface area contributed by atoms with Gasteiger partial charge in [0.1, 0.15) is 5.52 Å². The van der Waals surface area contributed by atoms with Gasteiger partial charge < -0.3 is 9.55 Å². The van der Waals surface area contributed by atoms with Crippen LogP contribution in [-0.2, 0) is 0 Å². The number of halogens is 2. The normalized spacial score (nSPS) is 13.1. The van der Waals surface area contributed by atoms with Crippen LogP contribution in [0.4, 0.5) is 8.78 Å². The number of nitrogens with zero attached hydrogens (tertiary/aromatic N) is 1. The molecule has 0 radical (unpaired) electrons. The predicted molar refractivity (Wildman–Crippen MR) is 75.9 cm³/mol. The van der Waals surface area contributed by atoms with Crippen molar-refractivity contribution in [3.63, 3.8) is 0 Å². The summed E-state index contributed by atoms with van der Waals surface area (Å²) in [4.78, 5) is 2.94. The maximum Gasteiger partial charge on any atom is 0.184 e. The SMILES string of the molecule is CCCCCC(C)n1c(=S)[nH]c2ccc(F)c(F)c21. The third-order valence-electron chi connectivity index (χ3n) is 3.44. The van der Waals surface area contributed by atoms with Gasteiger partial charge >= 0.3 is 0 Å². The molecule has 0 bridgehead atoms. The van der Waals surface area contributed by atoms with Gasteiger partial charge in [0, 0.05) is 6.04 Å². The molecular weight excluding hydrogens is 266 g/mol. The molecule has 0 amide bonds. The van der Waals surface area contributed by atoms with Crippen molar-refractivity contribution in [3.8, 4) is 0 Å². The quantitative estimate of drug-likeness (QED) is 0.597. The average Bonchev–Trinajstić information content (AvgIpc) is 2.71. The van der Waals surface area contributed by atoms with Crippen molar-refractivity contribution >= 4 is 23.3 Å². The number of aromatic amines is 1. The highest BCUT2D eigenvalue weighted by atomic mass is 32.1. The number of H-pyrrole nitrogens is 1. The molecule has 2 nitrogen and oxygen atoms in total. The molecule has 104 valence electrons. The highest BCUT2D eigenvalue weighted by molar-refractivity contribution is 7.71. The van der Waals surface area contributed by atoms with Gasteiger partial charge in [-0.2, -0.15) is 0 Å². The van der Waals surface area contributed by atoms with E-state index in [0.717, 1.165) is 31.7 Å². The Morgan fingerprint density at radius 3 is 2.74 bits per heavy atom. The number of benzene rings is 1. The Hall–Kier alpha value is -1.23. The second-order valence-corrected chi connectivity index (χ2v) is 5.29. The molecule has 1 aromatic heterocycles. The fourth-order valence-electron chi connectivity index (χ4n) is 2.39. The number of nitrogens with one attached hydrogen (secondary N) is 1. The number of fused-ring (bicyclic) bond motifs is 1. The van der Waals surface area contributed by atoms with Crippen LogP contribution >= 0.6 is 12.2 Å². The first-order valence-corrected chi connectivity index (χ1v) is 7.05. The van der Waals surface area contributed by atoms with Crippen molar-refractivity contribution in [1.82, 2.24) is 9.55 Å². The molecule has 0 spiro atoms. The lowest BCUT2D eigenvalue weighted by Gasteiger charge is -2.14. The molecule has 0 aliphatic carbocycles. The van der Waals surface area contributed by atoms with E-state index in [1.54, 1.807) is 4.57 Å². The van der Waals surface area contributed by atoms with Crippen molar-refractivity contribution < 1.29 is 8.78 Å². The molecule has 2 rings (SSSR count). The molecule has 5 heteroatoms. The number of hydrogen-bond donors (Lipinski definition) is 1. The van der Waals surface area contributed by atoms with Crippen LogP contribution in [-0.4, -0.2) is 9.55 Å². The summed E-state index contributed by atoms with van der Waals surface area (Å²) in [5.74, 6) is -1.66. The summed E-state index contributed by atoms with van der Waals surface area (Å²) in [6, 6.07) is 2.71. The van der Waals surface area contributed by atoms with E-state index in [-0.39, 0.29) is 11.6 Å². The van der Waals surface area contributed by atoms with E-state index in [4.69, 9.17) is 12.2 Å². The third-order valence-corrected chi connectivity index (χ3v) is 3.74. The Bertz CT molecular complexity index is 630. The number of unbranched alkanes of at least 4 members (excludes halogenated alkanes) is 2. The van der Waals surface area contributed by atoms with Crippen LogP contribution in [0.3, 0.4) is 0 Å². The zero-order valence-electron chi connectivity index (χ0n) is 11.2. The monoisotopic (exact) mass is 284 g/mol. The highest BCUT2D eigenvalue weighted by Crippen LogP contribution is 2.26. The van der Waals surface area contributed by atoms with Crippen LogP contribution in [0, 0.1) is 16.4 Å². The minimum Gasteiger partial charge on any atom is -0.330 e. The average molecular weight is 284 g/mol. The molecular formula is C14H18F2N2S. The molecule has 19 heavy (non-hydrogen) atoms. The minimum absolute atomic E-state index is 0.0594. The fourth-order valence-corrected chi connectivity index (χ4v) is 2.77. The summed E-state index contributed by atoms with van der Waals surface area (Å²) < 4.78 is 29.5. The third kappa shape index (κ3) is 2.71. The zero-order chi connectivity index (χ0) is 14.0. The van der Waals surface area contributed by atoms with Crippen molar-refractivity contribution in [1.29, 1.82) is 0 Å². The van der Waals surface area contributed by atoms with E-state index in [1.165, 1.54) is 6.07 Å². The van der Waals surface area contributed by atoms with E-state index in [1.807, 2.05) is 6.92 Å². The number of imidazole rings is 1. The first-order valence-electron chi connectivity index (χ1n) is 6.64. The van der Waals surface area contributed by atoms with Crippen LogP contribution in [0.1, 0.15) is 45.6 Å². The summed E-state index contributed by atoms with van der Waals surface area (Å²) in [5, 5.41) is 0. The molecule has 1 atom stereocenters. The van der Waals surface area contributed by atoms with Gasteiger partial charge in [-0.15, -0.1) is 0 Å². The summed E-state index contributed by atoms with van der Waals surface area (Å²) in [6.45, 7) is 4.13. The first-order chi connectivity index (χ1) is 9.06. The van der Waals surface area contributed by atoms with E-state index in [0.29, 0.717) is 10.3 Å². The maximum absolute atomic E-state index is 14.0. The van der Waals surface area contributed by atoms with Crippen LogP contribution < -0.4 is 0 Å². The van der Waals surface area contributed by atoms with Crippen LogP contribution in [0.25, 0.3) is 11.0 Å². The van der Waals surface area contributed by atoms with Gasteiger partial charge in [-0.25, -0.2) is 8.78 Å². The summed E-state index contributed by atoms with van der Waals surface area (Å²) >= 11 is 5.23. The largest absolute Gasteiger partial charge is 0.330 e. The lowest BCUT2D eigenvalue weighted by atomic mass is 10.1. The molecule has 1 heterocycles. The molecule has 1 unspecified atom stereocenters.